The maximum atomic E-state index is 13.8. The highest BCUT2D eigenvalue weighted by Gasteiger charge is 2.34. The zero-order valence-electron chi connectivity index (χ0n) is 19.2. The van der Waals surface area contributed by atoms with E-state index >= 15 is 0 Å². The van der Waals surface area contributed by atoms with Gasteiger partial charge in [-0.25, -0.2) is 9.07 Å². The summed E-state index contributed by atoms with van der Waals surface area (Å²) in [5.74, 6) is -2.46. The molecule has 3 aromatic carbocycles. The molecule has 4 aromatic rings. The minimum Gasteiger partial charge on any atom is -0.322 e. The molecular weight excluding hydrogens is 476 g/mol. The van der Waals surface area contributed by atoms with Gasteiger partial charge >= 0.3 is 6.18 Å². The molecule has 10 heteroatoms. The second-order valence-electron chi connectivity index (χ2n) is 8.03. The van der Waals surface area contributed by atoms with Crippen molar-refractivity contribution in [2.75, 3.05) is 10.6 Å². The van der Waals surface area contributed by atoms with Gasteiger partial charge in [-0.15, -0.1) is 0 Å². The fourth-order valence-electron chi connectivity index (χ4n) is 3.65. The molecule has 0 atom stereocenters. The zero-order chi connectivity index (χ0) is 26.0. The second-order valence-corrected chi connectivity index (χ2v) is 8.03. The molecule has 0 unspecified atom stereocenters. The van der Waals surface area contributed by atoms with E-state index in [4.69, 9.17) is 0 Å². The second kappa shape index (κ2) is 9.65. The molecule has 4 rings (SSSR count). The van der Waals surface area contributed by atoms with Gasteiger partial charge in [-0.3, -0.25) is 9.59 Å². The zero-order valence-corrected chi connectivity index (χ0v) is 19.2. The molecule has 2 N–H and O–H groups in total. The number of alkyl halides is 3. The van der Waals surface area contributed by atoms with Crippen molar-refractivity contribution in [2.24, 2.45) is 0 Å². The molecule has 0 aliphatic carbocycles. The van der Waals surface area contributed by atoms with Crippen LogP contribution in [0.3, 0.4) is 0 Å². The Kier molecular flexibility index (Phi) is 6.61. The van der Waals surface area contributed by atoms with E-state index < -0.39 is 35.1 Å². The number of aromatic nitrogens is 2. The van der Waals surface area contributed by atoms with Crippen molar-refractivity contribution in [2.45, 2.75) is 20.0 Å². The Morgan fingerprint density at radius 1 is 0.861 bits per heavy atom. The van der Waals surface area contributed by atoms with E-state index in [0.29, 0.717) is 11.8 Å². The Hall–Kier alpha value is -4.47. The number of hydrogen-bond acceptors (Lipinski definition) is 3. The lowest BCUT2D eigenvalue weighted by atomic mass is 10.1. The van der Waals surface area contributed by atoms with E-state index in [1.54, 1.807) is 16.8 Å². The number of carbonyl (C=O) groups excluding carboxylic acids is 2. The highest BCUT2D eigenvalue weighted by Crippen LogP contribution is 2.37. The lowest BCUT2D eigenvalue weighted by Gasteiger charge is -2.16. The number of nitrogens with one attached hydrogen (secondary N) is 2. The number of benzene rings is 3. The van der Waals surface area contributed by atoms with Crippen molar-refractivity contribution < 1.29 is 27.2 Å². The van der Waals surface area contributed by atoms with Gasteiger partial charge in [0.2, 0.25) is 0 Å². The predicted octanol–water partition coefficient (Wildman–Crippen LogP) is 6.15. The first-order valence-corrected chi connectivity index (χ1v) is 10.7. The quantitative estimate of drug-likeness (QED) is 0.326. The summed E-state index contributed by atoms with van der Waals surface area (Å²) < 4.78 is 56.8. The molecule has 0 bridgehead atoms. The van der Waals surface area contributed by atoms with Gasteiger partial charge in [-0.1, -0.05) is 12.1 Å². The van der Waals surface area contributed by atoms with Gasteiger partial charge in [0.15, 0.2) is 0 Å². The first kappa shape index (κ1) is 24.6. The van der Waals surface area contributed by atoms with E-state index in [9.17, 15) is 27.2 Å². The third kappa shape index (κ3) is 5.27. The third-order valence-corrected chi connectivity index (χ3v) is 5.33. The lowest BCUT2D eigenvalue weighted by molar-refractivity contribution is -0.136. The molecule has 1 heterocycles. The fraction of sp³-hybridized carbons (Fsp3) is 0.115. The van der Waals surface area contributed by atoms with Crippen LogP contribution in [-0.4, -0.2) is 21.6 Å². The number of carbonyl (C=O) groups is 2. The van der Waals surface area contributed by atoms with E-state index in [2.05, 4.69) is 15.7 Å². The summed E-state index contributed by atoms with van der Waals surface area (Å²) in [6.45, 7) is 3.72. The Morgan fingerprint density at radius 2 is 1.56 bits per heavy atom. The average Bonchev–Trinajstić information content (AvgIpc) is 3.17. The van der Waals surface area contributed by atoms with Crippen molar-refractivity contribution in [1.29, 1.82) is 0 Å². The van der Waals surface area contributed by atoms with Gasteiger partial charge in [0.05, 0.1) is 28.2 Å². The van der Waals surface area contributed by atoms with Crippen molar-refractivity contribution in [3.8, 4) is 5.69 Å². The van der Waals surface area contributed by atoms with Gasteiger partial charge in [-0.2, -0.15) is 18.3 Å². The third-order valence-electron chi connectivity index (χ3n) is 5.33. The molecule has 184 valence electrons. The van der Waals surface area contributed by atoms with Gasteiger partial charge in [0, 0.05) is 16.9 Å². The number of aryl methyl sites for hydroxylation is 2. The van der Waals surface area contributed by atoms with Crippen LogP contribution in [0.2, 0.25) is 0 Å². The molecule has 0 spiro atoms. The van der Waals surface area contributed by atoms with E-state index in [1.165, 1.54) is 36.4 Å². The predicted molar refractivity (Wildman–Crippen MR) is 127 cm³/mol. The normalized spacial score (nSPS) is 11.3. The number of nitrogens with zero attached hydrogens (tertiary/aromatic N) is 2. The maximum Gasteiger partial charge on any atom is 0.418 e. The van der Waals surface area contributed by atoms with Crippen LogP contribution in [0, 0.1) is 19.7 Å². The SMILES string of the molecule is Cc1cc(C)n(-c2ccc(C(=O)Nc3ccc(NC(=O)c4ccccc4F)cc3C(F)(F)F)cc2)n1. The molecule has 6 nitrogen and oxygen atoms in total. The minimum absolute atomic E-state index is 0.144. The molecule has 0 saturated carbocycles. The highest BCUT2D eigenvalue weighted by atomic mass is 19.4. The van der Waals surface area contributed by atoms with Gasteiger partial charge in [0.1, 0.15) is 5.82 Å². The molecule has 0 fully saturated rings. The Morgan fingerprint density at radius 3 is 2.17 bits per heavy atom. The first-order chi connectivity index (χ1) is 17.0. The van der Waals surface area contributed by atoms with Crippen molar-refractivity contribution in [3.05, 3.63) is 107 Å². The van der Waals surface area contributed by atoms with Gasteiger partial charge < -0.3 is 10.6 Å². The molecule has 0 radical (unpaired) electrons. The number of rotatable bonds is 5. The summed E-state index contributed by atoms with van der Waals surface area (Å²) in [5, 5.41) is 8.88. The highest BCUT2D eigenvalue weighted by molar-refractivity contribution is 6.06. The summed E-state index contributed by atoms with van der Waals surface area (Å²) in [5.41, 5.74) is 0.383. The Labute approximate surface area is 203 Å². The number of hydrogen-bond donors (Lipinski definition) is 2. The van der Waals surface area contributed by atoms with Crippen LogP contribution in [0.5, 0.6) is 0 Å². The molecule has 0 aliphatic rings. The molecule has 0 saturated heterocycles. The smallest absolute Gasteiger partial charge is 0.322 e. The Balaban J connectivity index is 1.55. The van der Waals surface area contributed by atoms with Crippen LogP contribution in [0.1, 0.15) is 37.7 Å². The summed E-state index contributed by atoms with van der Waals surface area (Å²) in [4.78, 5) is 25.0. The topological polar surface area (TPSA) is 76.0 Å². The van der Waals surface area contributed by atoms with E-state index in [-0.39, 0.29) is 16.8 Å². The molecular formula is C26H20F4N4O2. The van der Waals surface area contributed by atoms with Crippen molar-refractivity contribution >= 4 is 23.2 Å². The minimum atomic E-state index is -4.83. The number of anilines is 2. The molecule has 1 aromatic heterocycles. The molecule has 0 aliphatic heterocycles. The summed E-state index contributed by atoms with van der Waals surface area (Å²) >= 11 is 0. The van der Waals surface area contributed by atoms with Crippen molar-refractivity contribution in [1.82, 2.24) is 9.78 Å². The fourth-order valence-corrected chi connectivity index (χ4v) is 3.65. The van der Waals surface area contributed by atoms with Gasteiger partial charge in [-0.05, 0) is 74.5 Å². The summed E-state index contributed by atoms with van der Waals surface area (Å²) in [6.07, 6.45) is -4.83. The first-order valence-electron chi connectivity index (χ1n) is 10.7. The summed E-state index contributed by atoms with van der Waals surface area (Å²) in [6, 6.07) is 16.1. The van der Waals surface area contributed by atoms with E-state index in [0.717, 1.165) is 23.5 Å². The van der Waals surface area contributed by atoms with Crippen LogP contribution < -0.4 is 10.6 Å². The van der Waals surface area contributed by atoms with Crippen LogP contribution in [0.15, 0.2) is 72.8 Å². The monoisotopic (exact) mass is 496 g/mol. The van der Waals surface area contributed by atoms with Crippen LogP contribution in [0.4, 0.5) is 28.9 Å². The number of halogens is 4. The Bertz CT molecular complexity index is 1440. The standard InChI is InChI=1S/C26H20F4N4O2/c1-15-13-16(2)34(33-15)19-10-7-17(8-11-19)24(35)32-23-12-9-18(14-21(23)26(28,29)30)31-25(36)20-5-3-4-6-22(20)27/h3-14H,1-2H3,(H,31,36)(H,32,35). The van der Waals surface area contributed by atoms with Crippen LogP contribution in [-0.2, 0) is 6.18 Å². The van der Waals surface area contributed by atoms with Gasteiger partial charge in [0.25, 0.3) is 11.8 Å². The largest absolute Gasteiger partial charge is 0.418 e. The van der Waals surface area contributed by atoms with Crippen LogP contribution in [0.25, 0.3) is 5.69 Å². The number of amides is 2. The molecule has 36 heavy (non-hydrogen) atoms. The summed E-state index contributed by atoms with van der Waals surface area (Å²) in [7, 11) is 0. The van der Waals surface area contributed by atoms with Crippen molar-refractivity contribution in [3.63, 3.8) is 0 Å². The maximum absolute atomic E-state index is 13.8. The van der Waals surface area contributed by atoms with Crippen LogP contribution >= 0.6 is 0 Å². The average molecular weight is 496 g/mol. The van der Waals surface area contributed by atoms with E-state index in [1.807, 2.05) is 19.9 Å². The lowest BCUT2D eigenvalue weighted by Crippen LogP contribution is -2.18. The molecule has 2 amide bonds.